The van der Waals surface area contributed by atoms with Crippen LogP contribution in [0.25, 0.3) is 0 Å². The molecule has 1 fully saturated rings. The third-order valence-corrected chi connectivity index (χ3v) is 17.3. The fraction of sp³-hybridized carbons (Fsp3) is 0.381. The van der Waals surface area contributed by atoms with Crippen LogP contribution in [0.3, 0.4) is 0 Å². The Bertz CT molecular complexity index is 3660. The van der Waals surface area contributed by atoms with E-state index in [0.29, 0.717) is 76.6 Å². The molecule has 0 spiro atoms. The van der Waals surface area contributed by atoms with E-state index in [1.807, 2.05) is 66.4 Å². The average Bonchev–Trinajstić information content (AvgIpc) is 2.18. The third-order valence-electron chi connectivity index (χ3n) is 16.2. The number of likely N-dealkylation sites (tertiary alicyclic amines) is 1. The first-order chi connectivity index (χ1) is 40.2. The van der Waals surface area contributed by atoms with Gasteiger partial charge in [0.15, 0.2) is 22.5 Å². The normalized spacial score (nSPS) is 18.3. The van der Waals surface area contributed by atoms with Crippen molar-refractivity contribution < 1.29 is 65.5 Å². The Balaban J connectivity index is 0.774. The van der Waals surface area contributed by atoms with Crippen molar-refractivity contribution in [3.63, 3.8) is 0 Å². The van der Waals surface area contributed by atoms with E-state index in [9.17, 15) is 51.3 Å². The van der Waals surface area contributed by atoms with Gasteiger partial charge in [-0.1, -0.05) is 43.3 Å². The van der Waals surface area contributed by atoms with E-state index < -0.39 is 57.4 Å². The fourth-order valence-electron chi connectivity index (χ4n) is 11.7. The zero-order valence-electron chi connectivity index (χ0n) is 47.2. The van der Waals surface area contributed by atoms with Gasteiger partial charge in [0.05, 0.1) is 36.9 Å². The predicted octanol–water partition coefficient (Wildman–Crippen LogP) is 7.93. The summed E-state index contributed by atoms with van der Waals surface area (Å²) in [5.41, 5.74) is 8.81. The molecule has 5 aromatic rings. The van der Waals surface area contributed by atoms with E-state index in [1.54, 1.807) is 48.4 Å². The highest BCUT2D eigenvalue weighted by atomic mass is 32.2. The van der Waals surface area contributed by atoms with Gasteiger partial charge in [-0.2, -0.15) is 8.42 Å². The number of nitrogens with one attached hydrogen (secondary N) is 2. The Labute approximate surface area is 486 Å². The molecule has 5 aliphatic heterocycles. The van der Waals surface area contributed by atoms with Crippen LogP contribution < -0.4 is 34.6 Å². The minimum absolute atomic E-state index is 0.0197. The second kappa shape index (κ2) is 24.7. The molecule has 0 aliphatic carbocycles. The van der Waals surface area contributed by atoms with Crippen LogP contribution in [0.15, 0.2) is 96.0 Å². The van der Waals surface area contributed by atoms with Crippen molar-refractivity contribution in [2.24, 2.45) is 10.9 Å². The molecule has 84 heavy (non-hydrogen) atoms. The van der Waals surface area contributed by atoms with Crippen molar-refractivity contribution in [2.45, 2.75) is 134 Å². The molecule has 20 nitrogen and oxygen atoms in total. The summed E-state index contributed by atoms with van der Waals surface area (Å²) in [4.78, 5) is 114. The minimum Gasteiger partial charge on any atom is -0.493 e. The van der Waals surface area contributed by atoms with Crippen LogP contribution in [-0.2, 0) is 71.4 Å². The molecule has 0 bridgehead atoms. The Morgan fingerprint density at radius 3 is 2.10 bits per heavy atom. The summed E-state index contributed by atoms with van der Waals surface area (Å²) in [6.45, 7) is 4.92. The van der Waals surface area contributed by atoms with Crippen molar-refractivity contribution >= 4 is 86.1 Å². The number of methoxy groups -OCH3 is 1. The number of hydrogen-bond donors (Lipinski definition) is 3. The largest absolute Gasteiger partial charge is 0.493 e. The maximum atomic E-state index is 14.2. The topological polar surface area (TPSA) is 265 Å². The fourth-order valence-corrected chi connectivity index (χ4v) is 12.5. The standard InChI is InChI=1S/C63H66N6O14S/c1-36-22-49-50(64-33-46-28-43-13-6-9-17-52(43)69(46)62(49)76)31-54(36)82-34-39-24-40(35-83-56-29-41-19-20-45-27-42-12-5-8-16-51(42)68(45)61(75)48(41)30-55(56)81-4)26-44(25-39)66-60(74)37(2)23-53(71)38(3)65-58(72)18-10-7-14-47(70)15-11-21-67-59(73)32-57(63(67)77)84(78,79)80/h5-6,8-9,12-13,16-17,22,24-26,29-31,33,37-38,45-46,57H,7,10-11,14-15,18-21,23,27-28,32,34-35H2,1-4H3,(H,65,72)(H,66,74)(H,78,79,80)/t37-,38+,45-,46+,57?/m1/s1. The van der Waals surface area contributed by atoms with Crippen LogP contribution in [-0.4, -0.2) is 108 Å². The summed E-state index contributed by atoms with van der Waals surface area (Å²) in [5.74, 6) is -2.89. The van der Waals surface area contributed by atoms with Gasteiger partial charge in [-0.05, 0) is 134 Å². The number of para-hydroxylation sites is 2. The molecule has 0 aromatic heterocycles. The molecule has 1 unspecified atom stereocenters. The number of aryl methyl sites for hydroxylation is 2. The van der Waals surface area contributed by atoms with Gasteiger partial charge in [0.1, 0.15) is 24.7 Å². The third kappa shape index (κ3) is 12.7. The Morgan fingerprint density at radius 2 is 1.39 bits per heavy atom. The molecule has 21 heteroatoms. The number of nitrogens with zero attached hydrogens (tertiary/aromatic N) is 4. The minimum atomic E-state index is -4.72. The number of aliphatic imine (C=N–C) groups is 1. The van der Waals surface area contributed by atoms with Crippen LogP contribution in [0.1, 0.15) is 126 Å². The second-order valence-corrected chi connectivity index (χ2v) is 23.9. The van der Waals surface area contributed by atoms with Gasteiger partial charge in [0.2, 0.25) is 17.7 Å². The highest BCUT2D eigenvalue weighted by molar-refractivity contribution is 7.87. The zero-order chi connectivity index (χ0) is 59.6. The number of Topliss-reactive ketones (excluding diaryl/α,β-unsaturated/α-hetero) is 2. The van der Waals surface area contributed by atoms with E-state index in [1.165, 1.54) is 14.0 Å². The Hall–Kier alpha value is -8.56. The van der Waals surface area contributed by atoms with Crippen molar-refractivity contribution in [3.8, 4) is 17.2 Å². The summed E-state index contributed by atoms with van der Waals surface area (Å²) in [6, 6.07) is 27.3. The lowest BCUT2D eigenvalue weighted by molar-refractivity contribution is -0.138. The molecule has 438 valence electrons. The quantitative estimate of drug-likeness (QED) is 0.0319. The monoisotopic (exact) mass is 1160 g/mol. The zero-order valence-corrected chi connectivity index (χ0v) is 48.0. The number of ether oxygens (including phenoxy) is 3. The van der Waals surface area contributed by atoms with Gasteiger partial charge in [-0.15, -0.1) is 0 Å². The lowest BCUT2D eigenvalue weighted by atomic mass is 9.99. The van der Waals surface area contributed by atoms with Crippen molar-refractivity contribution in [1.82, 2.24) is 10.2 Å². The molecule has 5 heterocycles. The van der Waals surface area contributed by atoms with Gasteiger partial charge < -0.3 is 29.7 Å². The molecule has 5 aliphatic rings. The van der Waals surface area contributed by atoms with Gasteiger partial charge in [-0.25, -0.2) is 0 Å². The Morgan fingerprint density at radius 1 is 0.738 bits per heavy atom. The summed E-state index contributed by atoms with van der Waals surface area (Å²) >= 11 is 0. The van der Waals surface area contributed by atoms with Crippen LogP contribution >= 0.6 is 0 Å². The predicted molar refractivity (Wildman–Crippen MR) is 312 cm³/mol. The number of imide groups is 1. The van der Waals surface area contributed by atoms with Crippen LogP contribution in [0.5, 0.6) is 17.2 Å². The molecule has 5 atom stereocenters. The van der Waals surface area contributed by atoms with Crippen molar-refractivity contribution in [3.05, 3.63) is 136 Å². The van der Waals surface area contributed by atoms with E-state index in [0.717, 1.165) is 51.4 Å². The van der Waals surface area contributed by atoms with Gasteiger partial charge >= 0.3 is 0 Å². The molecule has 3 N–H and O–H groups in total. The van der Waals surface area contributed by atoms with Crippen molar-refractivity contribution in [2.75, 3.05) is 28.8 Å². The number of ketones is 2. The lowest BCUT2D eigenvalue weighted by Crippen LogP contribution is -2.39. The van der Waals surface area contributed by atoms with Gasteiger partial charge in [0.25, 0.3) is 27.8 Å². The van der Waals surface area contributed by atoms with E-state index in [4.69, 9.17) is 19.2 Å². The van der Waals surface area contributed by atoms with Gasteiger partial charge in [0, 0.05) is 85.5 Å². The number of unbranched alkanes of at least 4 members (excludes halogenated alkanes) is 1. The maximum absolute atomic E-state index is 14.2. The summed E-state index contributed by atoms with van der Waals surface area (Å²) in [6.07, 6.45) is 4.82. The molecule has 5 aromatic carbocycles. The number of benzene rings is 5. The van der Waals surface area contributed by atoms with E-state index >= 15 is 0 Å². The molecule has 6 amide bonds. The summed E-state index contributed by atoms with van der Waals surface area (Å²) in [7, 11) is -3.20. The van der Waals surface area contributed by atoms with Crippen molar-refractivity contribution in [1.29, 1.82) is 0 Å². The maximum Gasteiger partial charge on any atom is 0.277 e. The number of amides is 6. The average molecular weight is 1160 g/mol. The van der Waals surface area contributed by atoms with E-state index in [2.05, 4.69) is 16.7 Å². The SMILES string of the molecule is COc1cc2c(cc1OCc1cc(COc3cc4c(cc3C)C(=O)N3c5ccccc5C[C@H]3C=N4)cc(NC(=O)[C@H](C)CC(=O)[C@H](C)NC(=O)CCCCC(=O)CCCN3C(=O)CC(S(=O)(=O)O)C3=O)c1)CC[C@@H]1Cc3ccccc3N1C2=O. The van der Waals surface area contributed by atoms with E-state index in [-0.39, 0.29) is 87.3 Å². The molecule has 10 rings (SSSR count). The van der Waals surface area contributed by atoms with Gasteiger partial charge in [-0.3, -0.25) is 57.7 Å². The summed E-state index contributed by atoms with van der Waals surface area (Å²) < 4.78 is 50.8. The number of fused-ring (bicyclic) bond motifs is 8. The molecular formula is C63H66N6O14S. The number of anilines is 3. The number of carbonyl (C=O) groups is 8. The number of carbonyl (C=O) groups excluding carboxylic acids is 8. The van der Waals surface area contributed by atoms with Crippen LogP contribution in [0.4, 0.5) is 22.7 Å². The Kier molecular flexibility index (Phi) is 17.3. The lowest BCUT2D eigenvalue weighted by Gasteiger charge is -2.23. The molecule has 0 saturated carbocycles. The second-order valence-electron chi connectivity index (χ2n) is 22.3. The first-order valence-electron chi connectivity index (χ1n) is 28.3. The molecular weight excluding hydrogens is 1100 g/mol. The highest BCUT2D eigenvalue weighted by Crippen LogP contribution is 2.42. The van der Waals surface area contributed by atoms with Crippen LogP contribution in [0.2, 0.25) is 0 Å². The van der Waals surface area contributed by atoms with Crippen LogP contribution in [0, 0.1) is 12.8 Å². The number of hydrogen-bond acceptors (Lipinski definition) is 14. The highest BCUT2D eigenvalue weighted by Gasteiger charge is 2.46. The first-order valence-corrected chi connectivity index (χ1v) is 29.8. The molecule has 1 saturated heterocycles. The number of rotatable bonds is 23. The first kappa shape index (κ1) is 58.6. The smallest absolute Gasteiger partial charge is 0.277 e. The summed E-state index contributed by atoms with van der Waals surface area (Å²) in [5, 5.41) is 3.82. The molecule has 0 radical (unpaired) electrons.